The molecule has 7 heteroatoms. The molecule has 1 fully saturated rings. The number of likely N-dealkylation sites (tertiary alicyclic amines) is 1. The lowest BCUT2D eigenvalue weighted by molar-refractivity contribution is -0.141. The molecule has 0 bridgehead atoms. The Bertz CT molecular complexity index is 1000. The van der Waals surface area contributed by atoms with Gasteiger partial charge in [0.2, 0.25) is 5.91 Å². The van der Waals surface area contributed by atoms with Crippen molar-refractivity contribution < 1.29 is 24.2 Å². The number of rotatable bonds is 10. The van der Waals surface area contributed by atoms with Crippen LogP contribution in [0.4, 0.5) is 4.79 Å². The number of alkyl carbamates (subject to hydrolysis) is 1. The molecular weight excluding hydrogens is 432 g/mol. The van der Waals surface area contributed by atoms with E-state index in [1.807, 2.05) is 31.2 Å². The Balaban J connectivity index is 1.30. The van der Waals surface area contributed by atoms with E-state index in [1.54, 1.807) is 4.90 Å². The quantitative estimate of drug-likeness (QED) is 0.543. The molecule has 2 N–H and O–H groups in total. The van der Waals surface area contributed by atoms with Crippen LogP contribution in [-0.2, 0) is 14.3 Å². The topological polar surface area (TPSA) is 95.9 Å². The Morgan fingerprint density at radius 2 is 1.68 bits per heavy atom. The molecule has 0 radical (unpaired) electrons. The van der Waals surface area contributed by atoms with Gasteiger partial charge in [0.1, 0.15) is 12.6 Å². The molecule has 1 atom stereocenters. The number of ether oxygens (including phenoxy) is 1. The van der Waals surface area contributed by atoms with Gasteiger partial charge in [-0.1, -0.05) is 61.9 Å². The SMILES string of the molecule is CCCC(NC(=O)OCC1c2ccccc2-c2ccccc21)C(=O)N1CC(CCCC(=O)O)C1. The first-order chi connectivity index (χ1) is 16.5. The zero-order valence-electron chi connectivity index (χ0n) is 19.5. The normalized spacial score (nSPS) is 15.7. The molecule has 180 valence electrons. The molecule has 1 saturated heterocycles. The second-order valence-corrected chi connectivity index (χ2v) is 9.21. The number of amides is 2. The molecule has 2 aliphatic rings. The van der Waals surface area contributed by atoms with Gasteiger partial charge in [-0.15, -0.1) is 0 Å². The summed E-state index contributed by atoms with van der Waals surface area (Å²) in [5.41, 5.74) is 4.63. The molecule has 0 saturated carbocycles. The van der Waals surface area contributed by atoms with Crippen LogP contribution in [0.2, 0.25) is 0 Å². The van der Waals surface area contributed by atoms with Crippen LogP contribution in [0, 0.1) is 5.92 Å². The molecule has 34 heavy (non-hydrogen) atoms. The molecule has 1 heterocycles. The Kier molecular flexibility index (Phi) is 7.50. The molecule has 1 aliphatic carbocycles. The minimum Gasteiger partial charge on any atom is -0.481 e. The third-order valence-corrected chi connectivity index (χ3v) is 6.78. The summed E-state index contributed by atoms with van der Waals surface area (Å²) in [5.74, 6) is -0.576. The number of hydrogen-bond acceptors (Lipinski definition) is 4. The molecule has 4 rings (SSSR count). The first kappa shape index (κ1) is 23.8. The average molecular weight is 465 g/mol. The van der Waals surface area contributed by atoms with Gasteiger partial charge in [-0.3, -0.25) is 9.59 Å². The summed E-state index contributed by atoms with van der Waals surface area (Å²) in [4.78, 5) is 38.0. The number of nitrogens with one attached hydrogen (secondary N) is 1. The zero-order chi connectivity index (χ0) is 24.1. The fraction of sp³-hybridized carbons (Fsp3) is 0.444. The van der Waals surface area contributed by atoms with Gasteiger partial charge in [-0.2, -0.15) is 0 Å². The molecule has 2 amide bonds. The van der Waals surface area contributed by atoms with Crippen molar-refractivity contribution in [2.75, 3.05) is 19.7 Å². The van der Waals surface area contributed by atoms with E-state index in [2.05, 4.69) is 29.6 Å². The highest BCUT2D eigenvalue weighted by molar-refractivity contribution is 5.86. The van der Waals surface area contributed by atoms with Gasteiger partial charge in [0, 0.05) is 25.4 Å². The maximum Gasteiger partial charge on any atom is 0.407 e. The van der Waals surface area contributed by atoms with Gasteiger partial charge in [0.05, 0.1) is 0 Å². The summed E-state index contributed by atoms with van der Waals surface area (Å²) in [6.07, 6.45) is 2.31. The predicted molar refractivity (Wildman–Crippen MR) is 128 cm³/mol. The van der Waals surface area contributed by atoms with E-state index < -0.39 is 18.1 Å². The van der Waals surface area contributed by atoms with Crippen LogP contribution < -0.4 is 5.32 Å². The summed E-state index contributed by atoms with van der Waals surface area (Å²) in [6.45, 7) is 3.42. The van der Waals surface area contributed by atoms with Gasteiger partial charge in [0.25, 0.3) is 0 Å². The van der Waals surface area contributed by atoms with Crippen molar-refractivity contribution in [3.8, 4) is 11.1 Å². The molecule has 0 spiro atoms. The Morgan fingerprint density at radius 3 is 2.26 bits per heavy atom. The van der Waals surface area contributed by atoms with Crippen molar-refractivity contribution in [3.05, 3.63) is 59.7 Å². The van der Waals surface area contributed by atoms with E-state index in [-0.39, 0.29) is 24.9 Å². The van der Waals surface area contributed by atoms with Gasteiger partial charge in [-0.05, 0) is 47.4 Å². The average Bonchev–Trinajstić information content (AvgIpc) is 3.12. The Labute approximate surface area is 200 Å². The predicted octanol–water partition coefficient (Wildman–Crippen LogP) is 4.41. The number of carboxylic acid groups (broad SMARTS) is 1. The van der Waals surface area contributed by atoms with Crippen LogP contribution in [0.3, 0.4) is 0 Å². The molecule has 7 nitrogen and oxygen atoms in total. The number of carboxylic acids is 1. The summed E-state index contributed by atoms with van der Waals surface area (Å²) < 4.78 is 5.62. The number of nitrogens with zero attached hydrogens (tertiary/aromatic N) is 1. The second kappa shape index (κ2) is 10.7. The van der Waals surface area contributed by atoms with E-state index >= 15 is 0 Å². The minimum atomic E-state index is -0.789. The number of fused-ring (bicyclic) bond motifs is 3. The molecular formula is C27H32N2O5. The van der Waals surface area contributed by atoms with Crippen LogP contribution in [-0.4, -0.2) is 53.7 Å². The molecule has 1 unspecified atom stereocenters. The van der Waals surface area contributed by atoms with E-state index in [4.69, 9.17) is 9.84 Å². The summed E-state index contributed by atoms with van der Waals surface area (Å²) in [7, 11) is 0. The number of benzene rings is 2. The van der Waals surface area contributed by atoms with Crippen molar-refractivity contribution in [2.45, 2.75) is 51.0 Å². The summed E-state index contributed by atoms with van der Waals surface area (Å²) >= 11 is 0. The molecule has 2 aromatic carbocycles. The van der Waals surface area contributed by atoms with Crippen molar-refractivity contribution in [1.29, 1.82) is 0 Å². The smallest absolute Gasteiger partial charge is 0.407 e. The van der Waals surface area contributed by atoms with Gasteiger partial charge < -0.3 is 20.1 Å². The zero-order valence-corrected chi connectivity index (χ0v) is 19.5. The molecule has 1 aliphatic heterocycles. The highest BCUT2D eigenvalue weighted by Gasteiger charge is 2.35. The largest absolute Gasteiger partial charge is 0.481 e. The van der Waals surface area contributed by atoms with Crippen LogP contribution in [0.5, 0.6) is 0 Å². The maximum atomic E-state index is 12.9. The third kappa shape index (κ3) is 5.24. The lowest BCUT2D eigenvalue weighted by atomic mass is 9.92. The fourth-order valence-corrected chi connectivity index (χ4v) is 5.02. The van der Waals surface area contributed by atoms with Crippen LogP contribution in [0.1, 0.15) is 56.1 Å². The monoisotopic (exact) mass is 464 g/mol. The lowest BCUT2D eigenvalue weighted by Crippen LogP contribution is -2.57. The number of aliphatic carboxylic acids is 1. The van der Waals surface area contributed by atoms with Crippen molar-refractivity contribution in [1.82, 2.24) is 10.2 Å². The standard InChI is InChI=1S/C27H32N2O5/c1-2-8-24(26(32)29-15-18(16-29)9-7-14-25(30)31)28-27(33)34-17-23-21-12-5-3-10-19(21)20-11-4-6-13-22(20)23/h3-6,10-13,18,23-24H,2,7-9,14-17H2,1H3,(H,28,33)(H,30,31). The first-order valence-electron chi connectivity index (χ1n) is 12.1. The third-order valence-electron chi connectivity index (χ3n) is 6.78. The summed E-state index contributed by atoms with van der Waals surface area (Å²) in [6, 6.07) is 15.7. The van der Waals surface area contributed by atoms with Crippen molar-refractivity contribution >= 4 is 18.0 Å². The van der Waals surface area contributed by atoms with Crippen LogP contribution >= 0.6 is 0 Å². The minimum absolute atomic E-state index is 0.0274. The highest BCUT2D eigenvalue weighted by atomic mass is 16.5. The van der Waals surface area contributed by atoms with E-state index in [0.29, 0.717) is 31.8 Å². The Morgan fingerprint density at radius 1 is 1.06 bits per heavy atom. The van der Waals surface area contributed by atoms with E-state index in [9.17, 15) is 14.4 Å². The second-order valence-electron chi connectivity index (χ2n) is 9.21. The van der Waals surface area contributed by atoms with Crippen molar-refractivity contribution in [2.24, 2.45) is 5.92 Å². The van der Waals surface area contributed by atoms with E-state index in [1.165, 1.54) is 11.1 Å². The van der Waals surface area contributed by atoms with E-state index in [0.717, 1.165) is 24.0 Å². The lowest BCUT2D eigenvalue weighted by Gasteiger charge is -2.41. The summed E-state index contributed by atoms with van der Waals surface area (Å²) in [5, 5.41) is 11.5. The van der Waals surface area contributed by atoms with Crippen LogP contribution in [0.15, 0.2) is 48.5 Å². The number of carbonyl (C=O) groups is 3. The van der Waals surface area contributed by atoms with Crippen molar-refractivity contribution in [3.63, 3.8) is 0 Å². The highest BCUT2D eigenvalue weighted by Crippen LogP contribution is 2.44. The molecule has 2 aromatic rings. The van der Waals surface area contributed by atoms with Crippen LogP contribution in [0.25, 0.3) is 11.1 Å². The Hall–Kier alpha value is -3.35. The van der Waals surface area contributed by atoms with Gasteiger partial charge in [-0.25, -0.2) is 4.79 Å². The van der Waals surface area contributed by atoms with Gasteiger partial charge >= 0.3 is 12.1 Å². The number of hydrogen-bond donors (Lipinski definition) is 2. The number of carbonyl (C=O) groups excluding carboxylic acids is 2. The van der Waals surface area contributed by atoms with Gasteiger partial charge in [0.15, 0.2) is 0 Å². The molecule has 0 aromatic heterocycles. The fourth-order valence-electron chi connectivity index (χ4n) is 5.02. The maximum absolute atomic E-state index is 12.9. The first-order valence-corrected chi connectivity index (χ1v) is 12.1.